The van der Waals surface area contributed by atoms with Gasteiger partial charge in [-0.15, -0.1) is 17.5 Å². The summed E-state index contributed by atoms with van der Waals surface area (Å²) >= 11 is 0. The second-order valence-corrected chi connectivity index (χ2v) is 6.20. The fraction of sp³-hybridized carbons (Fsp3) is 0.588. The molecule has 0 amide bonds. The first kappa shape index (κ1) is 17.9. The summed E-state index contributed by atoms with van der Waals surface area (Å²) in [5.41, 5.74) is 6.89. The molecule has 2 aromatic rings. The fourth-order valence-corrected chi connectivity index (χ4v) is 3.11. The molecule has 0 saturated heterocycles. The predicted molar refractivity (Wildman–Crippen MR) is 94.6 cm³/mol. The molecule has 0 spiro atoms. The quantitative estimate of drug-likeness (QED) is 0.907. The van der Waals surface area contributed by atoms with Crippen LogP contribution in [-0.2, 0) is 6.54 Å². The van der Waals surface area contributed by atoms with Gasteiger partial charge in [-0.3, -0.25) is 4.98 Å². The van der Waals surface area contributed by atoms with Crippen LogP contribution in [0.15, 0.2) is 24.4 Å². The Morgan fingerprint density at radius 1 is 1.22 bits per heavy atom. The third-order valence-electron chi connectivity index (χ3n) is 4.45. The largest absolute Gasteiger partial charge is 0.328 e. The van der Waals surface area contributed by atoms with E-state index in [1.54, 1.807) is 6.20 Å². The van der Waals surface area contributed by atoms with Crippen molar-refractivity contribution in [3.63, 3.8) is 0 Å². The van der Waals surface area contributed by atoms with Gasteiger partial charge in [0.2, 0.25) is 0 Å². The highest BCUT2D eigenvalue weighted by Gasteiger charge is 2.25. The molecule has 2 aromatic heterocycles. The van der Waals surface area contributed by atoms with Crippen LogP contribution < -0.4 is 5.73 Å². The Labute approximate surface area is 144 Å². The Morgan fingerprint density at radius 3 is 2.65 bits per heavy atom. The normalized spacial score (nSPS) is 21.0. The number of hydrogen-bond donors (Lipinski definition) is 1. The van der Waals surface area contributed by atoms with Crippen LogP contribution in [0.25, 0.3) is 11.5 Å². The molecule has 1 aliphatic rings. The van der Waals surface area contributed by atoms with Crippen molar-refractivity contribution in [1.82, 2.24) is 19.7 Å². The maximum Gasteiger partial charge on any atom is 0.200 e. The van der Waals surface area contributed by atoms with Gasteiger partial charge in [0.15, 0.2) is 5.82 Å². The highest BCUT2D eigenvalue weighted by molar-refractivity contribution is 5.85. The molecule has 3 rings (SSSR count). The monoisotopic (exact) mass is 335 g/mol. The Kier molecular flexibility index (Phi) is 6.54. The molecule has 0 radical (unpaired) electrons. The zero-order valence-electron chi connectivity index (χ0n) is 13.7. The molecular weight excluding hydrogens is 310 g/mol. The third-order valence-corrected chi connectivity index (χ3v) is 4.45. The van der Waals surface area contributed by atoms with Crippen LogP contribution in [0.3, 0.4) is 0 Å². The highest BCUT2D eigenvalue weighted by Crippen LogP contribution is 2.32. The van der Waals surface area contributed by atoms with Crippen LogP contribution in [-0.4, -0.2) is 25.8 Å². The minimum absolute atomic E-state index is 0. The summed E-state index contributed by atoms with van der Waals surface area (Å²) in [5, 5.41) is 4.72. The summed E-state index contributed by atoms with van der Waals surface area (Å²) in [4.78, 5) is 9.21. The lowest BCUT2D eigenvalue weighted by Crippen LogP contribution is -2.27. The molecule has 5 nitrogen and oxygen atoms in total. The van der Waals surface area contributed by atoms with Gasteiger partial charge in [0, 0.05) is 24.7 Å². The number of nitrogens with zero attached hydrogens (tertiary/aromatic N) is 4. The standard InChI is InChI=1S/C17H25N5.ClH/c1-2-3-12-22-17(13-7-9-14(18)10-8-13)20-16(21-22)15-6-4-5-11-19-15;/h4-6,11,13-14H,2-3,7-10,12,18H2,1H3;1H. The minimum atomic E-state index is 0. The van der Waals surface area contributed by atoms with Gasteiger partial charge in [0.1, 0.15) is 11.5 Å². The van der Waals surface area contributed by atoms with E-state index in [2.05, 4.69) is 16.6 Å². The highest BCUT2D eigenvalue weighted by atomic mass is 35.5. The number of hydrogen-bond acceptors (Lipinski definition) is 4. The van der Waals surface area contributed by atoms with Crippen molar-refractivity contribution in [3.8, 4) is 11.5 Å². The summed E-state index contributed by atoms with van der Waals surface area (Å²) in [6, 6.07) is 6.23. The molecule has 126 valence electrons. The molecule has 1 saturated carbocycles. The maximum absolute atomic E-state index is 6.04. The number of pyridine rings is 1. The van der Waals surface area contributed by atoms with E-state index in [-0.39, 0.29) is 12.4 Å². The zero-order valence-corrected chi connectivity index (χ0v) is 14.5. The number of aromatic nitrogens is 4. The molecule has 0 aromatic carbocycles. The summed E-state index contributed by atoms with van der Waals surface area (Å²) in [6.07, 6.45) is 8.50. The first-order chi connectivity index (χ1) is 10.8. The maximum atomic E-state index is 6.04. The first-order valence-electron chi connectivity index (χ1n) is 8.39. The second kappa shape index (κ2) is 8.41. The van der Waals surface area contributed by atoms with E-state index in [0.717, 1.165) is 62.4 Å². The van der Waals surface area contributed by atoms with Gasteiger partial charge < -0.3 is 5.73 Å². The van der Waals surface area contributed by atoms with Gasteiger partial charge in [-0.2, -0.15) is 0 Å². The number of rotatable bonds is 5. The van der Waals surface area contributed by atoms with Crippen molar-refractivity contribution in [2.45, 2.75) is 64.0 Å². The molecule has 1 fully saturated rings. The zero-order chi connectivity index (χ0) is 15.4. The van der Waals surface area contributed by atoms with Gasteiger partial charge in [-0.05, 0) is 44.2 Å². The van der Waals surface area contributed by atoms with E-state index in [0.29, 0.717) is 12.0 Å². The van der Waals surface area contributed by atoms with E-state index in [9.17, 15) is 0 Å². The summed E-state index contributed by atoms with van der Waals surface area (Å²) in [7, 11) is 0. The average Bonchev–Trinajstić information content (AvgIpc) is 2.98. The van der Waals surface area contributed by atoms with E-state index in [1.807, 2.05) is 18.2 Å². The molecule has 6 heteroatoms. The average molecular weight is 336 g/mol. The molecule has 2 N–H and O–H groups in total. The van der Waals surface area contributed by atoms with E-state index >= 15 is 0 Å². The van der Waals surface area contributed by atoms with Crippen LogP contribution in [0.1, 0.15) is 57.2 Å². The van der Waals surface area contributed by atoms with Crippen molar-refractivity contribution in [2.24, 2.45) is 5.73 Å². The summed E-state index contributed by atoms with van der Waals surface area (Å²) in [5.74, 6) is 2.36. The van der Waals surface area contributed by atoms with Crippen LogP contribution in [0.5, 0.6) is 0 Å². The smallest absolute Gasteiger partial charge is 0.200 e. The first-order valence-corrected chi connectivity index (χ1v) is 8.39. The lowest BCUT2D eigenvalue weighted by molar-refractivity contribution is 0.369. The Morgan fingerprint density at radius 2 is 2.00 bits per heavy atom. The minimum Gasteiger partial charge on any atom is -0.328 e. The van der Waals surface area contributed by atoms with Crippen molar-refractivity contribution >= 4 is 12.4 Å². The number of nitrogens with two attached hydrogens (primary N) is 1. The number of aryl methyl sites for hydroxylation is 1. The molecule has 0 bridgehead atoms. The van der Waals surface area contributed by atoms with Crippen LogP contribution in [0.2, 0.25) is 0 Å². The second-order valence-electron chi connectivity index (χ2n) is 6.20. The van der Waals surface area contributed by atoms with Crippen LogP contribution in [0.4, 0.5) is 0 Å². The van der Waals surface area contributed by atoms with Crippen LogP contribution >= 0.6 is 12.4 Å². The van der Waals surface area contributed by atoms with Crippen molar-refractivity contribution in [3.05, 3.63) is 30.2 Å². The lowest BCUT2D eigenvalue weighted by Gasteiger charge is -2.25. The Bertz CT molecular complexity index is 590. The molecule has 1 aliphatic carbocycles. The van der Waals surface area contributed by atoms with E-state index in [4.69, 9.17) is 15.8 Å². The van der Waals surface area contributed by atoms with Gasteiger partial charge in [-0.1, -0.05) is 19.4 Å². The van der Waals surface area contributed by atoms with Gasteiger partial charge >= 0.3 is 0 Å². The van der Waals surface area contributed by atoms with Gasteiger partial charge in [0.05, 0.1) is 0 Å². The predicted octanol–water partition coefficient (Wildman–Crippen LogP) is 3.55. The van der Waals surface area contributed by atoms with Crippen molar-refractivity contribution < 1.29 is 0 Å². The Hall–Kier alpha value is -1.46. The molecular formula is C17H26ClN5. The third kappa shape index (κ3) is 4.30. The Balaban J connectivity index is 0.00000192. The van der Waals surface area contributed by atoms with Crippen molar-refractivity contribution in [1.29, 1.82) is 0 Å². The molecule has 0 aliphatic heterocycles. The van der Waals surface area contributed by atoms with Crippen molar-refractivity contribution in [2.75, 3.05) is 0 Å². The van der Waals surface area contributed by atoms with E-state index in [1.165, 1.54) is 0 Å². The SMILES string of the molecule is CCCCn1nc(-c2ccccn2)nc1C1CCC(N)CC1.Cl. The fourth-order valence-electron chi connectivity index (χ4n) is 3.11. The van der Waals surface area contributed by atoms with Crippen LogP contribution in [0, 0.1) is 0 Å². The number of halogens is 1. The summed E-state index contributed by atoms with van der Waals surface area (Å²) < 4.78 is 2.11. The molecule has 2 heterocycles. The number of unbranched alkanes of at least 4 members (excludes halogenated alkanes) is 1. The molecule has 0 unspecified atom stereocenters. The van der Waals surface area contributed by atoms with Gasteiger partial charge in [-0.25, -0.2) is 9.67 Å². The van der Waals surface area contributed by atoms with Gasteiger partial charge in [0.25, 0.3) is 0 Å². The lowest BCUT2D eigenvalue weighted by atomic mass is 9.86. The topological polar surface area (TPSA) is 69.6 Å². The molecule has 0 atom stereocenters. The molecule has 23 heavy (non-hydrogen) atoms. The van der Waals surface area contributed by atoms with E-state index < -0.39 is 0 Å². The summed E-state index contributed by atoms with van der Waals surface area (Å²) in [6.45, 7) is 3.14.